The van der Waals surface area contributed by atoms with Crippen LogP contribution >= 0.6 is 0 Å². The predicted molar refractivity (Wildman–Crippen MR) is 69.6 cm³/mol. The van der Waals surface area contributed by atoms with Crippen molar-refractivity contribution in [2.75, 3.05) is 5.32 Å². The Labute approximate surface area is 114 Å². The number of nitrogens with two attached hydrogens (primary N) is 1. The number of hydrogen-bond acceptors (Lipinski definition) is 5. The number of aromatic nitrogens is 2. The fraction of sp³-hybridized carbons (Fsp3) is 0.231. The Morgan fingerprint density at radius 1 is 1.35 bits per heavy atom. The summed E-state index contributed by atoms with van der Waals surface area (Å²) in [6, 6.07) is 5.17. The second-order valence-corrected chi connectivity index (χ2v) is 4.58. The summed E-state index contributed by atoms with van der Waals surface area (Å²) in [7, 11) is 0. The third-order valence-corrected chi connectivity index (χ3v) is 3.03. The van der Waals surface area contributed by atoms with E-state index in [1.54, 1.807) is 24.4 Å². The molecule has 0 atom stereocenters. The topological polar surface area (TPSA) is 111 Å². The highest BCUT2D eigenvalue weighted by molar-refractivity contribution is 6.06. The molecular weight excluding hydrogens is 260 g/mol. The van der Waals surface area contributed by atoms with E-state index < -0.39 is 5.91 Å². The van der Waals surface area contributed by atoms with Crippen LogP contribution in [0.3, 0.4) is 0 Å². The Kier molecular flexibility index (Phi) is 2.94. The van der Waals surface area contributed by atoms with Crippen LogP contribution in [0.4, 0.5) is 5.88 Å². The first-order chi connectivity index (χ1) is 9.66. The summed E-state index contributed by atoms with van der Waals surface area (Å²) >= 11 is 0. The van der Waals surface area contributed by atoms with Gasteiger partial charge in [0, 0.05) is 12.1 Å². The van der Waals surface area contributed by atoms with Gasteiger partial charge in [-0.15, -0.1) is 0 Å². The molecule has 1 saturated carbocycles. The van der Waals surface area contributed by atoms with Gasteiger partial charge >= 0.3 is 0 Å². The maximum absolute atomic E-state index is 11.7. The smallest absolute Gasteiger partial charge is 0.256 e. The van der Waals surface area contributed by atoms with Crippen LogP contribution in [0.15, 0.2) is 28.9 Å². The van der Waals surface area contributed by atoms with Crippen molar-refractivity contribution < 1.29 is 14.1 Å². The zero-order valence-corrected chi connectivity index (χ0v) is 10.5. The van der Waals surface area contributed by atoms with E-state index in [0.29, 0.717) is 5.69 Å². The number of rotatable bonds is 4. The van der Waals surface area contributed by atoms with E-state index in [1.807, 2.05) is 0 Å². The zero-order chi connectivity index (χ0) is 14.1. The lowest BCUT2D eigenvalue weighted by Gasteiger charge is -2.01. The van der Waals surface area contributed by atoms with Crippen LogP contribution in [0.1, 0.15) is 23.2 Å². The molecule has 0 bridgehead atoms. The quantitative estimate of drug-likeness (QED) is 0.868. The van der Waals surface area contributed by atoms with Crippen molar-refractivity contribution in [3.63, 3.8) is 0 Å². The molecule has 20 heavy (non-hydrogen) atoms. The number of primary amides is 1. The van der Waals surface area contributed by atoms with Gasteiger partial charge in [-0.1, -0.05) is 11.2 Å². The predicted octanol–water partition coefficient (Wildman–Crippen LogP) is 1.18. The van der Waals surface area contributed by atoms with Crippen LogP contribution in [-0.2, 0) is 4.79 Å². The van der Waals surface area contributed by atoms with Crippen LogP contribution < -0.4 is 11.1 Å². The van der Waals surface area contributed by atoms with Gasteiger partial charge in [0.15, 0.2) is 0 Å². The van der Waals surface area contributed by atoms with Gasteiger partial charge < -0.3 is 10.3 Å². The lowest BCUT2D eigenvalue weighted by Crippen LogP contribution is -2.18. The van der Waals surface area contributed by atoms with Crippen molar-refractivity contribution >= 4 is 17.7 Å². The summed E-state index contributed by atoms with van der Waals surface area (Å²) in [6.07, 6.45) is 3.26. The average molecular weight is 272 g/mol. The molecule has 1 aliphatic rings. The Balaban J connectivity index is 1.97. The van der Waals surface area contributed by atoms with E-state index >= 15 is 0 Å². The standard InChI is InChI=1S/C13H12N4O3/c14-11(18)9-10(8-3-1-2-6-15-8)17-20-13(9)16-12(19)7-4-5-7/h1-3,6-7H,4-5H2,(H2,14,18)(H,16,19). The largest absolute Gasteiger partial charge is 0.365 e. The average Bonchev–Trinajstić information content (AvgIpc) is 3.21. The first kappa shape index (κ1) is 12.3. The van der Waals surface area contributed by atoms with Crippen molar-refractivity contribution in [2.24, 2.45) is 11.7 Å². The minimum Gasteiger partial charge on any atom is -0.365 e. The molecule has 7 nitrogen and oxygen atoms in total. The molecule has 0 spiro atoms. The summed E-state index contributed by atoms with van der Waals surface area (Å²) in [6.45, 7) is 0. The molecule has 0 saturated heterocycles. The monoisotopic (exact) mass is 272 g/mol. The minimum absolute atomic E-state index is 0.0147. The Bertz CT molecular complexity index is 662. The lowest BCUT2D eigenvalue weighted by atomic mass is 10.1. The molecule has 2 aromatic rings. The van der Waals surface area contributed by atoms with E-state index in [1.165, 1.54) is 0 Å². The molecule has 3 N–H and O–H groups in total. The third-order valence-electron chi connectivity index (χ3n) is 3.03. The van der Waals surface area contributed by atoms with E-state index in [9.17, 15) is 9.59 Å². The van der Waals surface area contributed by atoms with Crippen LogP contribution in [0.2, 0.25) is 0 Å². The highest BCUT2D eigenvalue weighted by atomic mass is 16.5. The van der Waals surface area contributed by atoms with Crippen LogP contribution in [0, 0.1) is 5.92 Å². The molecule has 102 valence electrons. The summed E-state index contributed by atoms with van der Waals surface area (Å²) in [5.41, 5.74) is 6.07. The van der Waals surface area contributed by atoms with E-state index in [-0.39, 0.29) is 29.0 Å². The van der Waals surface area contributed by atoms with E-state index in [2.05, 4.69) is 15.5 Å². The molecule has 1 fully saturated rings. The summed E-state index contributed by atoms with van der Waals surface area (Å²) in [5.74, 6) is -0.941. The van der Waals surface area contributed by atoms with Crippen molar-refractivity contribution in [1.29, 1.82) is 0 Å². The van der Waals surface area contributed by atoms with Gasteiger partial charge in [0.25, 0.3) is 5.91 Å². The highest BCUT2D eigenvalue weighted by Gasteiger charge is 2.32. The minimum atomic E-state index is -0.724. The first-order valence-corrected chi connectivity index (χ1v) is 6.18. The Hall–Kier alpha value is -2.70. The molecule has 2 heterocycles. The number of anilines is 1. The number of nitrogens with zero attached hydrogens (tertiary/aromatic N) is 2. The van der Waals surface area contributed by atoms with Crippen molar-refractivity contribution in [1.82, 2.24) is 10.1 Å². The van der Waals surface area contributed by atoms with Crippen LogP contribution in [0.25, 0.3) is 11.4 Å². The normalized spacial score (nSPS) is 14.0. The molecule has 0 unspecified atom stereocenters. The number of hydrogen-bond donors (Lipinski definition) is 2. The second kappa shape index (κ2) is 4.76. The lowest BCUT2D eigenvalue weighted by molar-refractivity contribution is -0.117. The number of carbonyl (C=O) groups excluding carboxylic acids is 2. The zero-order valence-electron chi connectivity index (χ0n) is 10.5. The summed E-state index contributed by atoms with van der Waals surface area (Å²) in [4.78, 5) is 27.4. The molecule has 0 aliphatic heterocycles. The van der Waals surface area contributed by atoms with Gasteiger partial charge in [0.05, 0.1) is 5.69 Å². The van der Waals surface area contributed by atoms with Gasteiger partial charge in [-0.25, -0.2) is 0 Å². The second-order valence-electron chi connectivity index (χ2n) is 4.58. The van der Waals surface area contributed by atoms with E-state index in [0.717, 1.165) is 12.8 Å². The van der Waals surface area contributed by atoms with Crippen LogP contribution in [0.5, 0.6) is 0 Å². The molecule has 2 amide bonds. The van der Waals surface area contributed by atoms with Gasteiger partial charge in [-0.2, -0.15) is 0 Å². The summed E-state index contributed by atoms with van der Waals surface area (Å²) in [5, 5.41) is 6.33. The fourth-order valence-electron chi connectivity index (χ4n) is 1.84. The first-order valence-electron chi connectivity index (χ1n) is 6.18. The fourth-order valence-corrected chi connectivity index (χ4v) is 1.84. The maximum Gasteiger partial charge on any atom is 0.256 e. The molecule has 0 aromatic carbocycles. The Morgan fingerprint density at radius 2 is 2.15 bits per heavy atom. The number of pyridine rings is 1. The molecule has 7 heteroatoms. The molecule has 2 aromatic heterocycles. The number of nitrogens with one attached hydrogen (secondary N) is 1. The van der Waals surface area contributed by atoms with E-state index in [4.69, 9.17) is 10.3 Å². The van der Waals surface area contributed by atoms with Gasteiger partial charge in [-0.05, 0) is 25.0 Å². The molecule has 0 radical (unpaired) electrons. The van der Waals surface area contributed by atoms with Crippen molar-refractivity contribution in [3.8, 4) is 11.4 Å². The SMILES string of the molecule is NC(=O)c1c(-c2ccccn2)noc1NC(=O)C1CC1. The van der Waals surface area contributed by atoms with Gasteiger partial charge in [-0.3, -0.25) is 19.9 Å². The molecular formula is C13H12N4O3. The Morgan fingerprint density at radius 3 is 2.75 bits per heavy atom. The molecule has 1 aliphatic carbocycles. The maximum atomic E-state index is 11.7. The number of amides is 2. The van der Waals surface area contributed by atoms with Gasteiger partial charge in [0.1, 0.15) is 11.3 Å². The number of carbonyl (C=O) groups is 2. The van der Waals surface area contributed by atoms with Crippen LogP contribution in [-0.4, -0.2) is 22.0 Å². The molecule has 3 rings (SSSR count). The highest BCUT2D eigenvalue weighted by Crippen LogP contribution is 2.32. The van der Waals surface area contributed by atoms with Crippen molar-refractivity contribution in [2.45, 2.75) is 12.8 Å². The van der Waals surface area contributed by atoms with Gasteiger partial charge in [0.2, 0.25) is 11.8 Å². The van der Waals surface area contributed by atoms with Crippen molar-refractivity contribution in [3.05, 3.63) is 30.0 Å². The summed E-state index contributed by atoms with van der Waals surface area (Å²) < 4.78 is 5.04. The third kappa shape index (κ3) is 2.25.